The van der Waals surface area contributed by atoms with E-state index in [1.54, 1.807) is 30.3 Å². The second kappa shape index (κ2) is 7.19. The third kappa shape index (κ3) is 4.21. The smallest absolute Gasteiger partial charge is 0.410 e. The third-order valence-corrected chi connectivity index (χ3v) is 4.37. The molecule has 0 fully saturated rings. The lowest BCUT2D eigenvalue weighted by Gasteiger charge is -2.29. The van der Waals surface area contributed by atoms with Gasteiger partial charge in [0.1, 0.15) is 11.3 Å². The lowest BCUT2D eigenvalue weighted by molar-refractivity contribution is 0.0222. The summed E-state index contributed by atoms with van der Waals surface area (Å²) in [4.78, 5) is 30.8. The highest BCUT2D eigenvalue weighted by Gasteiger charge is 2.31. The molecule has 0 unspecified atom stereocenters. The number of hydrogen-bond donors (Lipinski definition) is 1. The quantitative estimate of drug-likeness (QED) is 0.795. The Morgan fingerprint density at radius 1 is 1.33 bits per heavy atom. The van der Waals surface area contributed by atoms with Gasteiger partial charge in [-0.05, 0) is 32.9 Å². The van der Waals surface area contributed by atoms with E-state index in [-0.39, 0.29) is 17.6 Å². The fourth-order valence-corrected chi connectivity index (χ4v) is 3.09. The number of carbonyl (C=O) groups excluding carboxylic acids is 2. The zero-order chi connectivity index (χ0) is 19.8. The summed E-state index contributed by atoms with van der Waals surface area (Å²) in [6.45, 7) is 6.22. The Kier molecular flexibility index (Phi) is 5.10. The van der Waals surface area contributed by atoms with E-state index in [4.69, 9.17) is 16.3 Å². The monoisotopic (exact) mass is 391 g/mol. The van der Waals surface area contributed by atoms with Crippen molar-refractivity contribution in [1.29, 1.82) is 0 Å². The van der Waals surface area contributed by atoms with Crippen molar-refractivity contribution in [2.75, 3.05) is 11.9 Å². The number of anilines is 1. The number of halogens is 1. The number of ether oxygens (including phenoxy) is 1. The van der Waals surface area contributed by atoms with E-state index in [9.17, 15) is 9.59 Å². The molecule has 3 heterocycles. The van der Waals surface area contributed by atoms with Crippen LogP contribution in [0.1, 0.15) is 42.5 Å². The Bertz CT molecular complexity index is 888. The molecule has 9 heteroatoms. The lowest BCUT2D eigenvalue weighted by atomic mass is 10.1. The normalized spacial score (nSPS) is 13.9. The van der Waals surface area contributed by atoms with E-state index < -0.39 is 11.7 Å². The average molecular weight is 392 g/mol. The van der Waals surface area contributed by atoms with Crippen LogP contribution >= 0.6 is 11.6 Å². The van der Waals surface area contributed by atoms with Crippen molar-refractivity contribution >= 4 is 29.3 Å². The van der Waals surface area contributed by atoms with E-state index >= 15 is 0 Å². The highest BCUT2D eigenvalue weighted by Crippen LogP contribution is 2.25. The first-order chi connectivity index (χ1) is 12.7. The molecule has 1 aliphatic rings. The summed E-state index contributed by atoms with van der Waals surface area (Å²) < 4.78 is 6.97. The summed E-state index contributed by atoms with van der Waals surface area (Å²) >= 11 is 6.02. The number of pyridine rings is 1. The standard InChI is InChI=1S/C18H22ClN5O3/c1-18(2,3)27-17(26)24-9-7-12-11(10-24)14(23(4)22-12)16(25)21-13-6-5-8-20-15(13)19/h5-6,8H,7,9-10H2,1-4H3,(H,21,25). The molecule has 0 aromatic carbocycles. The van der Waals surface area contributed by atoms with Gasteiger partial charge < -0.3 is 15.0 Å². The number of nitrogens with one attached hydrogen (secondary N) is 1. The molecule has 2 amide bonds. The van der Waals surface area contributed by atoms with Crippen LogP contribution in [0.4, 0.5) is 10.5 Å². The van der Waals surface area contributed by atoms with Crippen molar-refractivity contribution in [3.8, 4) is 0 Å². The number of amides is 2. The zero-order valence-corrected chi connectivity index (χ0v) is 16.5. The van der Waals surface area contributed by atoms with Crippen molar-refractivity contribution < 1.29 is 14.3 Å². The van der Waals surface area contributed by atoms with Crippen LogP contribution in [-0.2, 0) is 24.8 Å². The van der Waals surface area contributed by atoms with Crippen LogP contribution in [0.2, 0.25) is 5.15 Å². The minimum atomic E-state index is -0.580. The van der Waals surface area contributed by atoms with Gasteiger partial charge in [0.2, 0.25) is 0 Å². The van der Waals surface area contributed by atoms with Crippen LogP contribution in [0.15, 0.2) is 18.3 Å². The van der Waals surface area contributed by atoms with Gasteiger partial charge in [-0.15, -0.1) is 0 Å². The molecule has 3 rings (SSSR count). The minimum absolute atomic E-state index is 0.206. The van der Waals surface area contributed by atoms with E-state index in [0.29, 0.717) is 29.9 Å². The Balaban J connectivity index is 1.83. The maximum atomic E-state index is 12.8. The third-order valence-electron chi connectivity index (χ3n) is 4.07. The maximum absolute atomic E-state index is 12.8. The first-order valence-corrected chi connectivity index (χ1v) is 8.98. The summed E-state index contributed by atoms with van der Waals surface area (Å²) in [5.74, 6) is -0.354. The number of nitrogens with zero attached hydrogens (tertiary/aromatic N) is 4. The molecule has 2 aromatic rings. The Hall–Kier alpha value is -2.61. The number of hydrogen-bond acceptors (Lipinski definition) is 5. The molecule has 8 nitrogen and oxygen atoms in total. The number of aromatic nitrogens is 3. The Morgan fingerprint density at radius 3 is 2.74 bits per heavy atom. The Morgan fingerprint density at radius 2 is 2.07 bits per heavy atom. The van der Waals surface area contributed by atoms with Gasteiger partial charge in [0.05, 0.1) is 17.9 Å². The second-order valence-corrected chi connectivity index (χ2v) is 7.70. The van der Waals surface area contributed by atoms with Crippen molar-refractivity contribution in [3.05, 3.63) is 40.4 Å². The van der Waals surface area contributed by atoms with E-state index in [1.165, 1.54) is 4.68 Å². The van der Waals surface area contributed by atoms with Gasteiger partial charge in [-0.1, -0.05) is 11.6 Å². The fourth-order valence-electron chi connectivity index (χ4n) is 2.93. The number of fused-ring (bicyclic) bond motifs is 1. The van der Waals surface area contributed by atoms with Crippen LogP contribution in [0.5, 0.6) is 0 Å². The molecule has 1 aliphatic heterocycles. The molecule has 0 spiro atoms. The molecule has 144 valence electrons. The van der Waals surface area contributed by atoms with Crippen LogP contribution in [-0.4, -0.2) is 43.8 Å². The summed E-state index contributed by atoms with van der Waals surface area (Å²) in [7, 11) is 1.70. The van der Waals surface area contributed by atoms with Crippen LogP contribution in [0.3, 0.4) is 0 Å². The fraction of sp³-hybridized carbons (Fsp3) is 0.444. The van der Waals surface area contributed by atoms with E-state index in [1.807, 2.05) is 20.8 Å². The highest BCUT2D eigenvalue weighted by molar-refractivity contribution is 6.32. The van der Waals surface area contributed by atoms with Gasteiger partial charge in [-0.25, -0.2) is 9.78 Å². The van der Waals surface area contributed by atoms with Crippen molar-refractivity contribution in [1.82, 2.24) is 19.7 Å². The van der Waals surface area contributed by atoms with Crippen LogP contribution in [0.25, 0.3) is 0 Å². The number of carbonyl (C=O) groups is 2. The van der Waals surface area contributed by atoms with E-state index in [0.717, 1.165) is 5.69 Å². The molecule has 0 saturated carbocycles. The average Bonchev–Trinajstić information content (AvgIpc) is 2.90. The highest BCUT2D eigenvalue weighted by atomic mass is 35.5. The predicted molar refractivity (Wildman–Crippen MR) is 101 cm³/mol. The maximum Gasteiger partial charge on any atom is 0.410 e. The molecule has 0 radical (unpaired) electrons. The minimum Gasteiger partial charge on any atom is -0.444 e. The first kappa shape index (κ1) is 19.2. The second-order valence-electron chi connectivity index (χ2n) is 7.35. The molecule has 1 N–H and O–H groups in total. The van der Waals surface area contributed by atoms with Gasteiger partial charge in [0, 0.05) is 31.8 Å². The molecule has 0 aliphatic carbocycles. The van der Waals surface area contributed by atoms with E-state index in [2.05, 4.69) is 15.4 Å². The molecule has 0 atom stereocenters. The van der Waals surface area contributed by atoms with Crippen molar-refractivity contribution in [3.63, 3.8) is 0 Å². The largest absolute Gasteiger partial charge is 0.444 e. The van der Waals surface area contributed by atoms with Crippen LogP contribution < -0.4 is 5.32 Å². The molecule has 0 saturated heterocycles. The Labute approximate surface area is 162 Å². The molecular formula is C18H22ClN5O3. The first-order valence-electron chi connectivity index (χ1n) is 8.60. The molecule has 0 bridgehead atoms. The van der Waals surface area contributed by atoms with Gasteiger partial charge in [-0.2, -0.15) is 5.10 Å². The van der Waals surface area contributed by atoms with Gasteiger partial charge in [-0.3, -0.25) is 9.48 Å². The topological polar surface area (TPSA) is 89.4 Å². The van der Waals surface area contributed by atoms with Gasteiger partial charge in [0.25, 0.3) is 5.91 Å². The summed E-state index contributed by atoms with van der Waals surface area (Å²) in [6.07, 6.45) is 1.70. The number of aryl methyl sites for hydroxylation is 1. The molecular weight excluding hydrogens is 370 g/mol. The summed E-state index contributed by atoms with van der Waals surface area (Å²) in [6, 6.07) is 3.35. The summed E-state index contributed by atoms with van der Waals surface area (Å²) in [5, 5.41) is 7.40. The van der Waals surface area contributed by atoms with Crippen molar-refractivity contribution in [2.24, 2.45) is 7.05 Å². The van der Waals surface area contributed by atoms with Gasteiger partial charge in [0.15, 0.2) is 5.15 Å². The molecule has 2 aromatic heterocycles. The molecule has 27 heavy (non-hydrogen) atoms. The predicted octanol–water partition coefficient (Wildman–Crippen LogP) is 3.01. The van der Waals surface area contributed by atoms with Crippen molar-refractivity contribution in [2.45, 2.75) is 39.3 Å². The zero-order valence-electron chi connectivity index (χ0n) is 15.7. The van der Waals surface area contributed by atoms with Crippen LogP contribution in [0, 0.1) is 0 Å². The number of rotatable bonds is 2. The SMILES string of the molecule is Cn1nc2c(c1C(=O)Nc1cccnc1Cl)CN(C(=O)OC(C)(C)C)CC2. The lowest BCUT2D eigenvalue weighted by Crippen LogP contribution is -2.40. The summed E-state index contributed by atoms with van der Waals surface area (Å²) in [5.41, 5.74) is 1.74. The van der Waals surface area contributed by atoms with Gasteiger partial charge >= 0.3 is 6.09 Å².